The smallest absolute Gasteiger partial charge is 0.246 e. The third-order valence-corrected chi connectivity index (χ3v) is 20.5. The van der Waals surface area contributed by atoms with E-state index in [2.05, 4.69) is 48.6 Å². The van der Waals surface area contributed by atoms with E-state index in [1.165, 1.54) is 9.80 Å². The van der Waals surface area contributed by atoms with Crippen LogP contribution in [0.5, 0.6) is 0 Å². The Kier molecular flexibility index (Phi) is 27.4. The number of fused-ring (bicyclic) bond motifs is 7. The molecular formula is C80H108N12O10. The van der Waals surface area contributed by atoms with Crippen molar-refractivity contribution >= 4 is 102 Å². The number of hydrogen-bond acceptors (Lipinski definition) is 12. The summed E-state index contributed by atoms with van der Waals surface area (Å²) in [6.45, 7) is 15.7. The third kappa shape index (κ3) is 19.8. The molecule has 548 valence electrons. The van der Waals surface area contributed by atoms with Gasteiger partial charge in [-0.25, -0.2) is 0 Å². The molecule has 12 N–H and O–H groups in total. The van der Waals surface area contributed by atoms with Crippen LogP contribution in [0.15, 0.2) is 109 Å². The summed E-state index contributed by atoms with van der Waals surface area (Å²) in [7, 11) is 0. The quantitative estimate of drug-likeness (QED) is 0.0342. The molecule has 9 rings (SSSR count). The molecule has 10 atom stereocenters. The van der Waals surface area contributed by atoms with Gasteiger partial charge in [0.2, 0.25) is 59.1 Å². The largest absolute Gasteiger partial charge is 0.354 e. The first-order valence-electron chi connectivity index (χ1n) is 37.1. The summed E-state index contributed by atoms with van der Waals surface area (Å²) in [5.41, 5.74) is 13.6. The molecule has 0 unspecified atom stereocenters. The van der Waals surface area contributed by atoms with E-state index in [0.29, 0.717) is 51.4 Å². The van der Waals surface area contributed by atoms with Gasteiger partial charge in [-0.1, -0.05) is 159 Å². The molecule has 22 nitrogen and oxygen atoms in total. The summed E-state index contributed by atoms with van der Waals surface area (Å²) in [5, 5.41) is 31.6. The Morgan fingerprint density at radius 1 is 0.422 bits per heavy atom. The fraction of sp³-hybridized carbons (Fsp3) is 0.525. The minimum Gasteiger partial charge on any atom is -0.354 e. The van der Waals surface area contributed by atoms with E-state index >= 15 is 19.2 Å². The van der Waals surface area contributed by atoms with Crippen LogP contribution in [-0.2, 0) is 60.8 Å². The van der Waals surface area contributed by atoms with Gasteiger partial charge in [-0.05, 0) is 161 Å². The van der Waals surface area contributed by atoms with Crippen molar-refractivity contribution in [1.82, 2.24) is 52.3 Å². The van der Waals surface area contributed by atoms with Gasteiger partial charge in [0.15, 0.2) is 0 Å². The molecule has 6 aromatic rings. The Morgan fingerprint density at radius 2 is 0.814 bits per heavy atom. The number of nitrogens with one attached hydrogen (secondary N) is 8. The molecule has 10 amide bonds. The molecule has 0 bridgehead atoms. The first-order chi connectivity index (χ1) is 48.9. The second-order valence-electron chi connectivity index (χ2n) is 29.9. The van der Waals surface area contributed by atoms with Crippen LogP contribution in [0.2, 0.25) is 0 Å². The van der Waals surface area contributed by atoms with E-state index in [1.807, 2.05) is 159 Å². The maximum Gasteiger partial charge on any atom is 0.246 e. The summed E-state index contributed by atoms with van der Waals surface area (Å²) in [6, 6.07) is 27.6. The number of hydrogen-bond donors (Lipinski definition) is 10. The lowest BCUT2D eigenvalue weighted by Gasteiger charge is -2.32. The van der Waals surface area contributed by atoms with E-state index < -0.39 is 119 Å². The van der Waals surface area contributed by atoms with Crippen molar-refractivity contribution in [1.29, 1.82) is 0 Å². The van der Waals surface area contributed by atoms with Crippen LogP contribution in [0.1, 0.15) is 144 Å². The first kappa shape index (κ1) is 77.1. The first-order valence-corrected chi connectivity index (χ1v) is 37.1. The minimum atomic E-state index is -1.20. The lowest BCUT2D eigenvalue weighted by molar-refractivity contribution is -0.142. The monoisotopic (exact) mass is 1400 g/mol. The highest BCUT2D eigenvalue weighted by atomic mass is 16.2. The lowest BCUT2D eigenvalue weighted by atomic mass is 9.90. The lowest BCUT2D eigenvalue weighted by Crippen LogP contribution is -2.57. The van der Waals surface area contributed by atoms with Gasteiger partial charge < -0.3 is 63.8 Å². The van der Waals surface area contributed by atoms with Crippen LogP contribution in [0, 0.1) is 35.5 Å². The number of rotatable bonds is 16. The fourth-order valence-corrected chi connectivity index (χ4v) is 15.2. The molecule has 0 spiro atoms. The van der Waals surface area contributed by atoms with Gasteiger partial charge in [0.25, 0.3) is 0 Å². The minimum absolute atomic E-state index is 0.00351. The molecule has 3 fully saturated rings. The van der Waals surface area contributed by atoms with Crippen molar-refractivity contribution in [3.05, 3.63) is 120 Å². The van der Waals surface area contributed by atoms with Crippen molar-refractivity contribution in [2.75, 3.05) is 39.3 Å². The summed E-state index contributed by atoms with van der Waals surface area (Å²) < 4.78 is 0. The molecule has 3 saturated heterocycles. The second-order valence-corrected chi connectivity index (χ2v) is 29.9. The summed E-state index contributed by atoms with van der Waals surface area (Å²) >= 11 is 0. The van der Waals surface area contributed by atoms with Crippen LogP contribution in [-0.4, -0.2) is 156 Å². The molecule has 0 saturated carbocycles. The van der Waals surface area contributed by atoms with Crippen LogP contribution in [0.4, 0.5) is 0 Å². The van der Waals surface area contributed by atoms with Gasteiger partial charge in [0.05, 0.1) is 11.8 Å². The molecule has 22 heteroatoms. The number of benzene rings is 6. The van der Waals surface area contributed by atoms with E-state index in [1.54, 1.807) is 0 Å². The zero-order chi connectivity index (χ0) is 73.3. The maximum atomic E-state index is 15.6. The van der Waals surface area contributed by atoms with Gasteiger partial charge in [0.1, 0.15) is 36.3 Å². The van der Waals surface area contributed by atoms with Crippen LogP contribution < -0.4 is 54.0 Å². The van der Waals surface area contributed by atoms with E-state index in [4.69, 9.17) is 11.5 Å². The summed E-state index contributed by atoms with van der Waals surface area (Å²) in [4.78, 5) is 152. The number of nitrogens with two attached hydrogens (primary N) is 2. The van der Waals surface area contributed by atoms with Crippen molar-refractivity contribution < 1.29 is 47.9 Å². The van der Waals surface area contributed by atoms with Gasteiger partial charge >= 0.3 is 0 Å². The van der Waals surface area contributed by atoms with Crippen molar-refractivity contribution in [2.24, 2.45) is 47.0 Å². The zero-order valence-corrected chi connectivity index (χ0v) is 60.7. The molecule has 3 aliphatic rings. The molecule has 3 aliphatic heterocycles. The van der Waals surface area contributed by atoms with Crippen LogP contribution >= 0.6 is 0 Å². The Hall–Kier alpha value is -9.02. The predicted molar refractivity (Wildman–Crippen MR) is 399 cm³/mol. The van der Waals surface area contributed by atoms with Crippen molar-refractivity contribution in [3.63, 3.8) is 0 Å². The van der Waals surface area contributed by atoms with Crippen LogP contribution in [0.25, 0.3) is 43.1 Å². The molecule has 3 heterocycles. The fourth-order valence-electron chi connectivity index (χ4n) is 15.2. The Labute approximate surface area is 599 Å². The average molecular weight is 1400 g/mol. The number of carbonyl (C=O) groups is 10. The van der Waals surface area contributed by atoms with Gasteiger partial charge in [-0.2, -0.15) is 0 Å². The van der Waals surface area contributed by atoms with Crippen molar-refractivity contribution in [2.45, 2.75) is 194 Å². The molecule has 0 aromatic heterocycles. The molecule has 0 radical (unpaired) electrons. The van der Waals surface area contributed by atoms with Gasteiger partial charge in [-0.3, -0.25) is 47.9 Å². The topological polar surface area (TPSA) is 325 Å². The van der Waals surface area contributed by atoms with Crippen molar-refractivity contribution in [3.8, 4) is 0 Å². The molecule has 6 aromatic carbocycles. The number of carbonyl (C=O) groups excluding carboxylic acids is 10. The average Bonchev–Trinajstić information content (AvgIpc) is 0.870. The van der Waals surface area contributed by atoms with Gasteiger partial charge in [-0.15, -0.1) is 0 Å². The molecule has 0 aliphatic carbocycles. The predicted octanol–water partition coefficient (Wildman–Crippen LogP) is 7.12. The number of amides is 10. The zero-order valence-electron chi connectivity index (χ0n) is 60.7. The van der Waals surface area contributed by atoms with E-state index in [-0.39, 0.29) is 101 Å². The summed E-state index contributed by atoms with van der Waals surface area (Å²) in [5.74, 6) is -7.61. The highest BCUT2D eigenvalue weighted by molar-refractivity contribution is 6.09. The molecular weight excluding hydrogens is 1290 g/mol. The Bertz CT molecular complexity index is 3930. The summed E-state index contributed by atoms with van der Waals surface area (Å²) in [6.07, 6.45) is 3.02. The highest BCUT2D eigenvalue weighted by Gasteiger charge is 2.43. The Balaban J connectivity index is 1.06. The molecule has 102 heavy (non-hydrogen) atoms. The second kappa shape index (κ2) is 36.2. The third-order valence-electron chi connectivity index (χ3n) is 20.5. The standard InChI is InChI=1S/C80H108N12O10/c1-47(2)37-55-42-71(93)88-66(30-18-34-82)76(98)84-46-64(50(7)8)74(96)90-68(44-62-58-25-13-10-21-51(58)39-52-22-11-14-26-59(52)62)80(102)92-36-20-32-70(92)78(100)86-56(38-48(3)4)43-72(94)87-65(29-17-33-81)75(97)83-45-63(49(5)6)73(95)89-67(79(101)91-35-19-31-69(91)77(99)85-55)41-54-40-53-23-9-12-24-57(53)61-28-16-15-27-60(54)61/h9-16,21-28,39-40,47-50,55-56,63-70H,17-20,29-38,41-46,81-82H2,1-8H3,(H,83,97)(H,84,98)(H,85,99)(H,86,100)(H,87,94)(H,88,93)(H,89,95)(H,90,96)/t55-,56-,63-,64-,65+,66+,67+,68+,69-,70-/m0/s1. The van der Waals surface area contributed by atoms with Crippen LogP contribution in [0.3, 0.4) is 0 Å². The maximum absolute atomic E-state index is 15.6. The highest BCUT2D eigenvalue weighted by Crippen LogP contribution is 2.33. The van der Waals surface area contributed by atoms with E-state index in [0.717, 1.165) is 54.2 Å². The Morgan fingerprint density at radius 3 is 1.24 bits per heavy atom. The SMILES string of the molecule is CC(C)C[C@H]1CC(=O)N[C@H](CCCN)C(=O)NC[C@@H](C(C)C)C(=O)N[C@H](Cc2cc3ccccc3c3ccccc23)C(=O)N2CCC[C@H]2C(=O)N[C@@H](CC(C)C)CC(=O)N[C@H](CCCN)C(=O)NC[C@@H](C(C)C)C(=O)N[C@H](Cc2c3ccccc3cc3ccccc23)C(=O)N2CCC[C@H]2C(=O)N1. The normalized spacial score (nSPS) is 24.3. The van der Waals surface area contributed by atoms with E-state index in [9.17, 15) is 28.8 Å². The number of nitrogens with zero attached hydrogens (tertiary/aromatic N) is 2. The van der Waals surface area contributed by atoms with Gasteiger partial charge in [0, 0.05) is 63.9 Å².